The van der Waals surface area contributed by atoms with Crippen LogP contribution in [0.2, 0.25) is 0 Å². The molecule has 1 atom stereocenters. The molecule has 0 fully saturated rings. The van der Waals surface area contributed by atoms with Crippen molar-refractivity contribution >= 4 is 22.7 Å². The van der Waals surface area contributed by atoms with E-state index < -0.39 is 23.5 Å². The number of hydrogen-bond acceptors (Lipinski definition) is 7. The third-order valence-corrected chi connectivity index (χ3v) is 6.05. The molecule has 1 aliphatic rings. The Morgan fingerprint density at radius 3 is 2.70 bits per heavy atom. The highest BCUT2D eigenvalue weighted by Crippen LogP contribution is 2.39. The van der Waals surface area contributed by atoms with Crippen LogP contribution in [0.4, 0.5) is 0 Å². The Morgan fingerprint density at radius 1 is 1.24 bits per heavy atom. The Balaban J connectivity index is 1.75. The molecule has 0 bridgehead atoms. The number of fused-ring (bicyclic) bond motifs is 1. The van der Waals surface area contributed by atoms with Crippen molar-refractivity contribution < 1.29 is 23.8 Å². The molecule has 8 nitrogen and oxygen atoms in total. The molecule has 1 aliphatic heterocycles. The Labute approximate surface area is 192 Å². The molecule has 1 aromatic carbocycles. The molecule has 0 aliphatic carbocycles. The summed E-state index contributed by atoms with van der Waals surface area (Å²) in [7, 11) is 1.52. The fraction of sp³-hybridized carbons (Fsp3) is 0.320. The van der Waals surface area contributed by atoms with Gasteiger partial charge in [-0.05, 0) is 36.9 Å². The van der Waals surface area contributed by atoms with E-state index in [-0.39, 0.29) is 11.3 Å². The van der Waals surface area contributed by atoms with E-state index in [1.807, 2.05) is 0 Å². The van der Waals surface area contributed by atoms with Gasteiger partial charge in [0.25, 0.3) is 5.91 Å². The van der Waals surface area contributed by atoms with Crippen molar-refractivity contribution in [3.05, 3.63) is 71.4 Å². The van der Waals surface area contributed by atoms with E-state index in [1.165, 1.54) is 12.0 Å². The number of likely N-dealkylation sites (N-methyl/N-ethyl adjacent to an activating group) is 1. The molecule has 172 valence electrons. The number of Topliss-reactive ketones (excluding diaryl/α,β-unsaturated/α-hetero) is 1. The number of pyridine rings is 1. The zero-order chi connectivity index (χ0) is 23.5. The number of aliphatic hydroxyl groups is 1. The molecule has 3 heterocycles. The highest BCUT2D eigenvalue weighted by Gasteiger charge is 2.44. The fourth-order valence-electron chi connectivity index (χ4n) is 4.23. The lowest BCUT2D eigenvalue weighted by molar-refractivity contribution is -0.129. The third kappa shape index (κ3) is 4.09. The van der Waals surface area contributed by atoms with Crippen LogP contribution < -0.4 is 4.74 Å². The minimum absolute atomic E-state index is 0.00873. The van der Waals surface area contributed by atoms with E-state index in [4.69, 9.17) is 9.15 Å². The summed E-state index contributed by atoms with van der Waals surface area (Å²) in [5, 5.41) is 11.5. The van der Waals surface area contributed by atoms with Gasteiger partial charge >= 0.3 is 0 Å². The van der Waals surface area contributed by atoms with Crippen molar-refractivity contribution in [2.24, 2.45) is 0 Å². The number of ether oxygens (including phenoxy) is 1. The maximum Gasteiger partial charge on any atom is 0.290 e. The number of carbonyl (C=O) groups excluding carboxylic acids is 2. The number of rotatable bonds is 9. The van der Waals surface area contributed by atoms with Crippen LogP contribution in [0.5, 0.6) is 5.75 Å². The van der Waals surface area contributed by atoms with E-state index in [1.54, 1.807) is 48.8 Å². The maximum atomic E-state index is 13.6. The van der Waals surface area contributed by atoms with Crippen LogP contribution in [-0.4, -0.2) is 64.9 Å². The lowest BCUT2D eigenvalue weighted by Gasteiger charge is -2.29. The fourth-order valence-corrected chi connectivity index (χ4v) is 4.23. The first-order chi connectivity index (χ1) is 16.0. The summed E-state index contributed by atoms with van der Waals surface area (Å²) in [6, 6.07) is 9.72. The lowest BCUT2D eigenvalue weighted by Crippen LogP contribution is -2.38. The molecule has 8 heteroatoms. The lowest BCUT2D eigenvalue weighted by atomic mass is 9.96. The summed E-state index contributed by atoms with van der Waals surface area (Å²) < 4.78 is 11.2. The average molecular weight is 450 g/mol. The molecule has 3 aromatic rings. The van der Waals surface area contributed by atoms with Gasteiger partial charge < -0.3 is 24.1 Å². The van der Waals surface area contributed by atoms with Gasteiger partial charge in [0.2, 0.25) is 5.78 Å². The number of ketones is 1. The second-order valence-corrected chi connectivity index (χ2v) is 7.80. The molecule has 0 unspecified atom stereocenters. The van der Waals surface area contributed by atoms with Gasteiger partial charge in [0.1, 0.15) is 0 Å². The van der Waals surface area contributed by atoms with Gasteiger partial charge in [0.15, 0.2) is 22.9 Å². The standard InChI is InChI=1S/C25H27N3O5/c1-4-27(5-2)12-13-28-21(17-9-7-11-26-15-17)20(23(30)25(28)31)22(29)19-14-16-8-6-10-18(32-3)24(16)33-19/h6-11,14-15,21,30H,4-5,12-13H2,1-3H3/t21-/m0/s1. The van der Waals surface area contributed by atoms with Crippen molar-refractivity contribution in [1.29, 1.82) is 0 Å². The Morgan fingerprint density at radius 2 is 2.03 bits per heavy atom. The van der Waals surface area contributed by atoms with Crippen LogP contribution >= 0.6 is 0 Å². The number of para-hydroxylation sites is 1. The van der Waals surface area contributed by atoms with Crippen molar-refractivity contribution in [2.45, 2.75) is 19.9 Å². The first kappa shape index (κ1) is 22.5. The first-order valence-electron chi connectivity index (χ1n) is 11.0. The highest BCUT2D eigenvalue weighted by atomic mass is 16.5. The smallest absolute Gasteiger partial charge is 0.290 e. The van der Waals surface area contributed by atoms with E-state index in [2.05, 4.69) is 23.7 Å². The monoisotopic (exact) mass is 449 g/mol. The maximum absolute atomic E-state index is 13.6. The summed E-state index contributed by atoms with van der Waals surface area (Å²) in [5.74, 6) is -1.15. The summed E-state index contributed by atoms with van der Waals surface area (Å²) >= 11 is 0. The number of amides is 1. The molecule has 1 N–H and O–H groups in total. The van der Waals surface area contributed by atoms with Crippen molar-refractivity contribution in [3.63, 3.8) is 0 Å². The number of furan rings is 1. The van der Waals surface area contributed by atoms with Crippen LogP contribution in [0.1, 0.15) is 36.0 Å². The molecule has 0 saturated heterocycles. The molecule has 1 amide bonds. The normalized spacial score (nSPS) is 16.3. The Hall–Kier alpha value is -3.65. The van der Waals surface area contributed by atoms with Gasteiger partial charge in [-0.1, -0.05) is 32.0 Å². The van der Waals surface area contributed by atoms with Crippen LogP contribution in [0.3, 0.4) is 0 Å². The average Bonchev–Trinajstić information content (AvgIpc) is 3.39. The number of carbonyl (C=O) groups is 2. The molecular weight excluding hydrogens is 422 g/mol. The minimum atomic E-state index is -0.760. The highest BCUT2D eigenvalue weighted by molar-refractivity contribution is 6.16. The summed E-state index contributed by atoms with van der Waals surface area (Å²) in [4.78, 5) is 34.5. The van der Waals surface area contributed by atoms with Crippen LogP contribution in [0, 0.1) is 0 Å². The second-order valence-electron chi connectivity index (χ2n) is 7.80. The topological polar surface area (TPSA) is 96.1 Å². The molecule has 0 saturated carbocycles. The third-order valence-electron chi connectivity index (χ3n) is 6.05. The number of hydrogen-bond donors (Lipinski definition) is 1. The predicted molar refractivity (Wildman–Crippen MR) is 123 cm³/mol. The molecule has 2 aromatic heterocycles. The van der Waals surface area contributed by atoms with Gasteiger partial charge in [-0.15, -0.1) is 0 Å². The quantitative estimate of drug-likeness (QED) is 0.497. The molecule has 33 heavy (non-hydrogen) atoms. The van der Waals surface area contributed by atoms with Crippen molar-refractivity contribution in [1.82, 2.24) is 14.8 Å². The van der Waals surface area contributed by atoms with Gasteiger partial charge in [-0.2, -0.15) is 0 Å². The molecular formula is C25H27N3O5. The zero-order valence-electron chi connectivity index (χ0n) is 18.9. The first-order valence-corrected chi connectivity index (χ1v) is 11.0. The number of methoxy groups -OCH3 is 1. The summed E-state index contributed by atoms with van der Waals surface area (Å²) in [5.41, 5.74) is 1.07. The molecule has 4 rings (SSSR count). The number of nitrogens with zero attached hydrogens (tertiary/aromatic N) is 3. The predicted octanol–water partition coefficient (Wildman–Crippen LogP) is 3.76. The van der Waals surface area contributed by atoms with Crippen molar-refractivity contribution in [3.8, 4) is 5.75 Å². The number of aliphatic hydroxyl groups excluding tert-OH is 1. The number of benzene rings is 1. The van der Waals surface area contributed by atoms with E-state index >= 15 is 0 Å². The minimum Gasteiger partial charge on any atom is -0.503 e. The van der Waals surface area contributed by atoms with E-state index in [9.17, 15) is 14.7 Å². The van der Waals surface area contributed by atoms with Crippen molar-refractivity contribution in [2.75, 3.05) is 33.3 Å². The van der Waals surface area contributed by atoms with Gasteiger partial charge in [-0.25, -0.2) is 0 Å². The van der Waals surface area contributed by atoms with Crippen LogP contribution in [0.15, 0.2) is 64.5 Å². The number of aromatic nitrogens is 1. The van der Waals surface area contributed by atoms with Gasteiger partial charge in [0, 0.05) is 30.9 Å². The second kappa shape index (κ2) is 9.46. The van der Waals surface area contributed by atoms with Gasteiger partial charge in [0.05, 0.1) is 18.7 Å². The molecule has 0 radical (unpaired) electrons. The van der Waals surface area contributed by atoms with Crippen LogP contribution in [-0.2, 0) is 4.79 Å². The van der Waals surface area contributed by atoms with Gasteiger partial charge in [-0.3, -0.25) is 14.6 Å². The molecule has 0 spiro atoms. The van der Waals surface area contributed by atoms with Crippen LogP contribution in [0.25, 0.3) is 11.0 Å². The SMILES string of the molecule is CCN(CC)CCN1C(=O)C(O)=C(C(=O)c2cc3cccc(OC)c3o2)[C@@H]1c1cccnc1. The summed E-state index contributed by atoms with van der Waals surface area (Å²) in [6.45, 7) is 6.74. The Bertz CT molecular complexity index is 1200. The van der Waals surface area contributed by atoms with E-state index in [0.29, 0.717) is 35.4 Å². The van der Waals surface area contributed by atoms with E-state index in [0.717, 1.165) is 13.1 Å². The Kier molecular flexibility index (Phi) is 6.46. The summed E-state index contributed by atoms with van der Waals surface area (Å²) in [6.07, 6.45) is 3.23. The largest absolute Gasteiger partial charge is 0.503 e. The zero-order valence-corrected chi connectivity index (χ0v) is 18.9.